The number of aromatic hydroxyl groups is 1. The lowest BCUT2D eigenvalue weighted by Gasteiger charge is -2.01. The molecule has 0 radical (unpaired) electrons. The maximum absolute atomic E-state index is 13.2. The number of benzene rings is 1. The van der Waals surface area contributed by atoms with Crippen molar-refractivity contribution in [2.45, 2.75) is 0 Å². The Bertz CT molecular complexity index is 543. The highest BCUT2D eigenvalue weighted by Crippen LogP contribution is 2.22. The third-order valence-electron chi connectivity index (χ3n) is 1.95. The molecule has 1 heterocycles. The standard InChI is InChI=1S/C11H6FNO/c1-2-8-9-4-3-7(14)5-11(9)13-6-10(8)12/h1,3-6,14H. The van der Waals surface area contributed by atoms with E-state index in [-0.39, 0.29) is 11.3 Å². The van der Waals surface area contributed by atoms with Crippen LogP contribution in [0.25, 0.3) is 10.9 Å². The quantitative estimate of drug-likeness (QED) is 0.640. The molecule has 2 rings (SSSR count). The van der Waals surface area contributed by atoms with Crippen LogP contribution in [0.1, 0.15) is 5.56 Å². The van der Waals surface area contributed by atoms with Gasteiger partial charge in [-0.15, -0.1) is 6.42 Å². The van der Waals surface area contributed by atoms with Crippen molar-refractivity contribution in [3.8, 4) is 18.1 Å². The van der Waals surface area contributed by atoms with E-state index in [9.17, 15) is 9.50 Å². The lowest BCUT2D eigenvalue weighted by molar-refractivity contribution is 0.476. The van der Waals surface area contributed by atoms with Crippen molar-refractivity contribution < 1.29 is 9.50 Å². The van der Waals surface area contributed by atoms with Crippen molar-refractivity contribution in [2.75, 3.05) is 0 Å². The molecule has 0 aliphatic heterocycles. The fraction of sp³-hybridized carbons (Fsp3) is 0. The fourth-order valence-electron chi connectivity index (χ4n) is 1.30. The number of pyridine rings is 1. The van der Waals surface area contributed by atoms with E-state index in [1.165, 1.54) is 12.1 Å². The molecule has 1 aromatic heterocycles. The number of hydrogen-bond donors (Lipinski definition) is 1. The Balaban J connectivity index is 2.90. The molecule has 0 saturated carbocycles. The summed E-state index contributed by atoms with van der Waals surface area (Å²) in [4.78, 5) is 3.82. The van der Waals surface area contributed by atoms with Gasteiger partial charge in [0.05, 0.1) is 17.3 Å². The number of phenolic OH excluding ortho intramolecular Hbond substituents is 1. The van der Waals surface area contributed by atoms with Gasteiger partial charge >= 0.3 is 0 Å². The number of aromatic nitrogens is 1. The van der Waals surface area contributed by atoms with Gasteiger partial charge in [0.1, 0.15) is 5.75 Å². The molecule has 0 atom stereocenters. The topological polar surface area (TPSA) is 33.1 Å². The number of terminal acetylenes is 1. The van der Waals surface area contributed by atoms with Gasteiger partial charge in [-0.2, -0.15) is 0 Å². The molecular weight excluding hydrogens is 181 g/mol. The van der Waals surface area contributed by atoms with Gasteiger partial charge in [0.2, 0.25) is 0 Å². The minimum Gasteiger partial charge on any atom is -0.508 e. The average Bonchev–Trinajstić information content (AvgIpc) is 2.18. The van der Waals surface area contributed by atoms with Crippen LogP contribution in [0, 0.1) is 18.2 Å². The largest absolute Gasteiger partial charge is 0.508 e. The second kappa shape index (κ2) is 3.00. The highest BCUT2D eigenvalue weighted by Gasteiger charge is 2.06. The van der Waals surface area contributed by atoms with Gasteiger partial charge in [-0.05, 0) is 12.1 Å². The molecule has 0 bridgehead atoms. The van der Waals surface area contributed by atoms with E-state index in [0.717, 1.165) is 6.20 Å². The molecule has 0 amide bonds. The summed E-state index contributed by atoms with van der Waals surface area (Å²) in [6, 6.07) is 4.44. The lowest BCUT2D eigenvalue weighted by atomic mass is 10.1. The molecule has 3 heteroatoms. The first-order chi connectivity index (χ1) is 6.72. The van der Waals surface area contributed by atoms with Gasteiger partial charge in [-0.3, -0.25) is 4.98 Å². The van der Waals surface area contributed by atoms with Crippen LogP contribution in [-0.2, 0) is 0 Å². The third kappa shape index (κ3) is 1.17. The SMILES string of the molecule is C#Cc1c(F)cnc2cc(O)ccc12. The molecule has 0 fully saturated rings. The number of rotatable bonds is 0. The Morgan fingerprint density at radius 3 is 2.93 bits per heavy atom. The first-order valence-electron chi connectivity index (χ1n) is 3.96. The van der Waals surface area contributed by atoms with Crippen LogP contribution in [0.5, 0.6) is 5.75 Å². The van der Waals surface area contributed by atoms with E-state index in [1.807, 2.05) is 0 Å². The monoisotopic (exact) mass is 187 g/mol. The summed E-state index contributed by atoms with van der Waals surface area (Å²) in [6.45, 7) is 0. The van der Waals surface area contributed by atoms with Gasteiger partial charge in [-0.1, -0.05) is 5.92 Å². The number of hydrogen-bond acceptors (Lipinski definition) is 2. The lowest BCUT2D eigenvalue weighted by Crippen LogP contribution is -1.89. The molecule has 0 spiro atoms. The zero-order valence-corrected chi connectivity index (χ0v) is 7.16. The minimum atomic E-state index is -0.523. The summed E-state index contributed by atoms with van der Waals surface area (Å²) in [5, 5.41) is 9.71. The molecule has 2 nitrogen and oxygen atoms in total. The average molecular weight is 187 g/mol. The van der Waals surface area contributed by atoms with E-state index >= 15 is 0 Å². The van der Waals surface area contributed by atoms with Crippen molar-refractivity contribution >= 4 is 10.9 Å². The van der Waals surface area contributed by atoms with Gasteiger partial charge in [0.15, 0.2) is 5.82 Å². The molecule has 14 heavy (non-hydrogen) atoms. The Hall–Kier alpha value is -2.08. The predicted molar refractivity (Wildman–Crippen MR) is 51.3 cm³/mol. The van der Waals surface area contributed by atoms with Gasteiger partial charge < -0.3 is 5.11 Å². The number of fused-ring (bicyclic) bond motifs is 1. The molecular formula is C11H6FNO. The normalized spacial score (nSPS) is 10.0. The van der Waals surface area contributed by atoms with E-state index in [2.05, 4.69) is 10.9 Å². The summed E-state index contributed by atoms with van der Waals surface area (Å²) in [6.07, 6.45) is 6.23. The van der Waals surface area contributed by atoms with Gasteiger partial charge in [-0.25, -0.2) is 4.39 Å². The van der Waals surface area contributed by atoms with Crippen LogP contribution in [0.3, 0.4) is 0 Å². The zero-order valence-electron chi connectivity index (χ0n) is 7.16. The highest BCUT2D eigenvalue weighted by molar-refractivity contribution is 5.85. The number of nitrogens with zero attached hydrogens (tertiary/aromatic N) is 1. The summed E-state index contributed by atoms with van der Waals surface area (Å²) < 4.78 is 13.2. The third-order valence-corrected chi connectivity index (χ3v) is 1.95. The van der Waals surface area contributed by atoms with Crippen LogP contribution in [0.2, 0.25) is 0 Å². The summed E-state index contributed by atoms with van der Waals surface area (Å²) in [5.74, 6) is 1.82. The van der Waals surface area contributed by atoms with Crippen LogP contribution < -0.4 is 0 Å². The number of halogens is 1. The van der Waals surface area contributed by atoms with Gasteiger partial charge in [0, 0.05) is 11.5 Å². The van der Waals surface area contributed by atoms with Crippen molar-refractivity contribution in [3.63, 3.8) is 0 Å². The Labute approximate surface area is 80.0 Å². The molecule has 0 aliphatic carbocycles. The van der Waals surface area contributed by atoms with Crippen molar-refractivity contribution in [3.05, 3.63) is 35.8 Å². The highest BCUT2D eigenvalue weighted by atomic mass is 19.1. The molecule has 0 aliphatic rings. The molecule has 0 saturated heterocycles. The molecule has 1 aromatic carbocycles. The minimum absolute atomic E-state index is 0.0829. The number of phenols is 1. The molecule has 2 aromatic rings. The summed E-state index contributed by atoms with van der Waals surface area (Å²) in [5.41, 5.74) is 0.661. The zero-order chi connectivity index (χ0) is 10.1. The Morgan fingerprint density at radius 1 is 1.43 bits per heavy atom. The molecule has 0 unspecified atom stereocenters. The Kier molecular flexibility index (Phi) is 1.83. The second-order valence-electron chi connectivity index (χ2n) is 2.83. The fourth-order valence-corrected chi connectivity index (χ4v) is 1.30. The smallest absolute Gasteiger partial charge is 0.157 e. The van der Waals surface area contributed by atoms with Crippen molar-refractivity contribution in [1.82, 2.24) is 4.98 Å². The van der Waals surface area contributed by atoms with Crippen LogP contribution >= 0.6 is 0 Å². The van der Waals surface area contributed by atoms with Gasteiger partial charge in [0.25, 0.3) is 0 Å². The molecule has 68 valence electrons. The van der Waals surface area contributed by atoms with E-state index in [4.69, 9.17) is 6.42 Å². The van der Waals surface area contributed by atoms with Crippen molar-refractivity contribution in [1.29, 1.82) is 0 Å². The summed E-state index contributed by atoms with van der Waals surface area (Å²) in [7, 11) is 0. The second-order valence-corrected chi connectivity index (χ2v) is 2.83. The maximum atomic E-state index is 13.2. The Morgan fingerprint density at radius 2 is 2.21 bits per heavy atom. The predicted octanol–water partition coefficient (Wildman–Crippen LogP) is 2.06. The maximum Gasteiger partial charge on any atom is 0.157 e. The van der Waals surface area contributed by atoms with E-state index in [0.29, 0.717) is 10.9 Å². The first-order valence-corrected chi connectivity index (χ1v) is 3.96. The van der Waals surface area contributed by atoms with E-state index < -0.39 is 5.82 Å². The van der Waals surface area contributed by atoms with Crippen LogP contribution in [0.4, 0.5) is 4.39 Å². The van der Waals surface area contributed by atoms with Crippen LogP contribution in [-0.4, -0.2) is 10.1 Å². The molecule has 1 N–H and O–H groups in total. The van der Waals surface area contributed by atoms with Crippen molar-refractivity contribution in [2.24, 2.45) is 0 Å². The first kappa shape index (κ1) is 8.52. The van der Waals surface area contributed by atoms with Crippen LogP contribution in [0.15, 0.2) is 24.4 Å². The van der Waals surface area contributed by atoms with E-state index in [1.54, 1.807) is 6.07 Å². The summed E-state index contributed by atoms with van der Waals surface area (Å²) >= 11 is 0.